The minimum Gasteiger partial charge on any atom is -0.481 e. The van der Waals surface area contributed by atoms with E-state index in [4.69, 9.17) is 58.0 Å². The van der Waals surface area contributed by atoms with Gasteiger partial charge in [-0.2, -0.15) is 0 Å². The molecule has 0 bridgehead atoms. The van der Waals surface area contributed by atoms with Gasteiger partial charge in [-0.05, 0) is 66.2 Å². The van der Waals surface area contributed by atoms with E-state index in [2.05, 4.69) is 12.7 Å². The molecular formula is C47H70O26. The zero-order chi connectivity index (χ0) is 54.7. The monoisotopic (exact) mass is 1050 g/mol. The Morgan fingerprint density at radius 1 is 0.521 bits per heavy atom. The molecule has 26 heteroatoms. The summed E-state index contributed by atoms with van der Waals surface area (Å²) in [6, 6.07) is 0. The third-order valence-electron chi connectivity index (χ3n) is 11.9. The molecule has 0 saturated carbocycles. The van der Waals surface area contributed by atoms with Crippen molar-refractivity contribution in [2.75, 3.05) is 26.4 Å². The van der Waals surface area contributed by atoms with Crippen LogP contribution in [0.2, 0.25) is 0 Å². The van der Waals surface area contributed by atoms with Gasteiger partial charge in [0.1, 0.15) is 112 Å². The third-order valence-corrected chi connectivity index (χ3v) is 11.9. The molecule has 3 saturated heterocycles. The maximum Gasteiger partial charge on any atom is 0.317 e. The first-order chi connectivity index (χ1) is 34.2. The number of allylic oxidation sites excluding steroid dienone is 5. The molecule has 3 rings (SSSR count). The summed E-state index contributed by atoms with van der Waals surface area (Å²) in [4.78, 5) is 68.0. The Kier molecular flexibility index (Phi) is 25.6. The van der Waals surface area contributed by atoms with Crippen LogP contribution in [0.15, 0.2) is 47.6 Å². The van der Waals surface area contributed by atoms with E-state index >= 15 is 0 Å². The number of rotatable bonds is 29. The lowest BCUT2D eigenvalue weighted by Gasteiger charge is -2.46. The van der Waals surface area contributed by atoms with E-state index in [9.17, 15) is 69.6 Å². The predicted octanol–water partition coefficient (Wildman–Crippen LogP) is -1.36. The zero-order valence-electron chi connectivity index (χ0n) is 40.9. The van der Waals surface area contributed by atoms with Gasteiger partial charge in [-0.3, -0.25) is 28.8 Å². The quantitative estimate of drug-likeness (QED) is 0.0178. The van der Waals surface area contributed by atoms with Crippen LogP contribution in [0.5, 0.6) is 0 Å². The molecule has 11 N–H and O–H groups in total. The van der Waals surface area contributed by atoms with E-state index in [0.717, 1.165) is 17.6 Å². The summed E-state index contributed by atoms with van der Waals surface area (Å²) in [7, 11) is 0. The van der Waals surface area contributed by atoms with Crippen LogP contribution in [-0.4, -0.2) is 216 Å². The van der Waals surface area contributed by atoms with Crippen LogP contribution < -0.4 is 0 Å². The average molecular weight is 1050 g/mol. The fourth-order valence-corrected chi connectivity index (χ4v) is 7.49. The summed E-state index contributed by atoms with van der Waals surface area (Å²) in [5, 5.41) is 112. The van der Waals surface area contributed by atoms with Crippen LogP contribution in [0.3, 0.4) is 0 Å². The summed E-state index contributed by atoms with van der Waals surface area (Å²) in [5.41, 5.74) is 1.74. The SMILES string of the molecule is C=C[C@](C)(CC/C=C(\C)CC/C=C(\C)CC/C=C(/C)CO[C@@H]1O[C@H](COC(=O)CC(=O)O)[C@@H](O)[C@H](O)[C@H]1O[C@@H]1O[C@H](COC(=O)CC(=O)O)[C@@H](O)[C@H](O)[C@H]1O)O[C@@H]1O[C@H](COC(=O)CC(=O)O)[C@@H](O)[C@H](O)[C@H]1O. The number of hydrogen-bond donors (Lipinski definition) is 11. The summed E-state index contributed by atoms with van der Waals surface area (Å²) in [6.45, 7) is 8.91. The molecule has 0 radical (unpaired) electrons. The van der Waals surface area contributed by atoms with Gasteiger partial charge in [0.25, 0.3) is 0 Å². The van der Waals surface area contributed by atoms with Gasteiger partial charge < -0.3 is 98.8 Å². The van der Waals surface area contributed by atoms with Gasteiger partial charge in [0.15, 0.2) is 18.9 Å². The van der Waals surface area contributed by atoms with Crippen molar-refractivity contribution in [2.45, 2.75) is 183 Å². The molecule has 0 spiro atoms. The summed E-state index contributed by atoms with van der Waals surface area (Å²) >= 11 is 0. The summed E-state index contributed by atoms with van der Waals surface area (Å²) in [5.74, 6) is -7.85. The lowest BCUT2D eigenvalue weighted by molar-refractivity contribution is -0.366. The second-order valence-electron chi connectivity index (χ2n) is 18.1. The molecule has 0 aromatic rings. The zero-order valence-corrected chi connectivity index (χ0v) is 40.9. The standard InChI is InChI=1S/C47H70O26/c1-6-47(5,73-45-42(64)39(61)36(58)27(70-45)21-66-33(55)17-30(50)51)15-9-14-24(3)11-7-10-23(2)12-8-13-25(4)19-68-46-43(40(62)37(59)28(71-46)22-67-34(56)18-31(52)53)72-44-41(63)38(60)35(57)26(69-44)20-65-32(54)16-29(48)49/h6,10,13-14,26-28,35-46,57-64H,1,7-9,11-12,15-22H2,2-5H3,(H,48,49)(H,50,51)(H,52,53)/b23-10+,24-14+,25-13-/t26-,27-,28-,35-,36-,37-,38+,39+,40+,41-,42-,43-,44+,45+,46-,47-/m1/s1. The number of esters is 3. The molecule has 0 aromatic carbocycles. The van der Waals surface area contributed by atoms with Crippen molar-refractivity contribution < 1.29 is 128 Å². The first-order valence-corrected chi connectivity index (χ1v) is 23.3. The van der Waals surface area contributed by atoms with Gasteiger partial charge in [0.2, 0.25) is 0 Å². The first kappa shape index (κ1) is 62.5. The molecule has 0 unspecified atom stereocenters. The number of carboxylic acid groups (broad SMARTS) is 3. The van der Waals surface area contributed by atoms with Crippen LogP contribution in [0.1, 0.15) is 85.5 Å². The number of aliphatic carboxylic acids is 3. The molecule has 26 nitrogen and oxygen atoms in total. The molecular weight excluding hydrogens is 980 g/mol. The maximum atomic E-state index is 12.0. The average Bonchev–Trinajstić information content (AvgIpc) is 3.31. The Morgan fingerprint density at radius 2 is 0.904 bits per heavy atom. The second kappa shape index (κ2) is 29.9. The normalized spacial score (nSPS) is 31.9. The van der Waals surface area contributed by atoms with Crippen molar-refractivity contribution in [3.63, 3.8) is 0 Å². The summed E-state index contributed by atoms with van der Waals surface area (Å²) < 4.78 is 49.3. The molecule has 414 valence electrons. The van der Waals surface area contributed by atoms with Gasteiger partial charge in [-0.1, -0.05) is 41.0 Å². The van der Waals surface area contributed by atoms with Crippen LogP contribution in [0.4, 0.5) is 0 Å². The lowest BCUT2D eigenvalue weighted by atomic mass is 9.96. The number of aliphatic hydroxyl groups excluding tert-OH is 8. The van der Waals surface area contributed by atoms with Gasteiger partial charge in [0.05, 0.1) is 12.2 Å². The molecule has 3 fully saturated rings. The molecule has 0 aliphatic carbocycles. The van der Waals surface area contributed by atoms with E-state index in [0.29, 0.717) is 37.7 Å². The van der Waals surface area contributed by atoms with Crippen molar-refractivity contribution in [3.05, 3.63) is 47.6 Å². The number of carboxylic acids is 3. The Morgan fingerprint density at radius 3 is 1.34 bits per heavy atom. The minimum absolute atomic E-state index is 0.160. The largest absolute Gasteiger partial charge is 0.481 e. The van der Waals surface area contributed by atoms with Crippen LogP contribution in [-0.2, 0) is 71.4 Å². The van der Waals surface area contributed by atoms with E-state index in [-0.39, 0.29) is 6.61 Å². The molecule has 0 amide bonds. The summed E-state index contributed by atoms with van der Waals surface area (Å²) in [6.07, 6.45) is -17.6. The van der Waals surface area contributed by atoms with E-state index in [1.54, 1.807) is 13.8 Å². The molecule has 16 atom stereocenters. The highest BCUT2D eigenvalue weighted by molar-refractivity contribution is 5.91. The number of ether oxygens (including phenoxy) is 9. The fourth-order valence-electron chi connectivity index (χ4n) is 7.49. The van der Waals surface area contributed by atoms with Crippen molar-refractivity contribution in [3.8, 4) is 0 Å². The highest BCUT2D eigenvalue weighted by atomic mass is 16.8. The topological polar surface area (TPSA) is 408 Å². The third kappa shape index (κ3) is 20.5. The molecule has 0 aromatic heterocycles. The fraction of sp³-hybridized carbons (Fsp3) is 0.702. The van der Waals surface area contributed by atoms with E-state index < -0.39 is 173 Å². The predicted molar refractivity (Wildman–Crippen MR) is 243 cm³/mol. The first-order valence-electron chi connectivity index (χ1n) is 23.3. The highest BCUT2D eigenvalue weighted by Crippen LogP contribution is 2.32. The minimum atomic E-state index is -1.99. The number of carbonyl (C=O) groups is 6. The molecule has 3 aliphatic heterocycles. The smallest absolute Gasteiger partial charge is 0.317 e. The highest BCUT2D eigenvalue weighted by Gasteiger charge is 2.52. The Hall–Kier alpha value is -4.78. The van der Waals surface area contributed by atoms with Crippen molar-refractivity contribution >= 4 is 35.8 Å². The number of carbonyl (C=O) groups excluding carboxylic acids is 3. The second-order valence-corrected chi connectivity index (χ2v) is 18.1. The number of hydrogen-bond acceptors (Lipinski definition) is 23. The van der Waals surface area contributed by atoms with Crippen LogP contribution in [0.25, 0.3) is 0 Å². The van der Waals surface area contributed by atoms with E-state index in [1.165, 1.54) is 6.08 Å². The Labute approximate surface area is 419 Å². The van der Waals surface area contributed by atoms with Crippen molar-refractivity contribution in [1.29, 1.82) is 0 Å². The van der Waals surface area contributed by atoms with Crippen molar-refractivity contribution in [1.82, 2.24) is 0 Å². The van der Waals surface area contributed by atoms with Crippen LogP contribution >= 0.6 is 0 Å². The van der Waals surface area contributed by atoms with Crippen LogP contribution in [0, 0.1) is 0 Å². The van der Waals surface area contributed by atoms with Crippen molar-refractivity contribution in [2.24, 2.45) is 0 Å². The lowest BCUT2D eigenvalue weighted by Crippen LogP contribution is -2.64. The van der Waals surface area contributed by atoms with Gasteiger partial charge >= 0.3 is 35.8 Å². The van der Waals surface area contributed by atoms with Gasteiger partial charge in [-0.25, -0.2) is 0 Å². The Bertz CT molecular complexity index is 1950. The van der Waals surface area contributed by atoms with E-state index in [1.807, 2.05) is 26.0 Å². The maximum absolute atomic E-state index is 12.0. The van der Waals surface area contributed by atoms with Gasteiger partial charge in [0, 0.05) is 0 Å². The Balaban J connectivity index is 1.57. The molecule has 3 aliphatic rings. The molecule has 3 heterocycles. The van der Waals surface area contributed by atoms with Gasteiger partial charge in [-0.15, -0.1) is 6.58 Å². The molecule has 73 heavy (non-hydrogen) atoms. The number of aliphatic hydroxyl groups is 8.